The Hall–Kier alpha value is -1.24. The SMILES string of the molecule is NCCC(=O)NCC1CCCCN1C(=O)CCSc1ccc(Cl)cc1. The summed E-state index contributed by atoms with van der Waals surface area (Å²) in [5.74, 6) is 0.862. The summed E-state index contributed by atoms with van der Waals surface area (Å²) in [5.41, 5.74) is 5.39. The predicted octanol–water partition coefficient (Wildman–Crippen LogP) is 2.67. The summed E-state index contributed by atoms with van der Waals surface area (Å²) in [7, 11) is 0. The summed E-state index contributed by atoms with van der Waals surface area (Å²) < 4.78 is 0. The molecule has 138 valence electrons. The lowest BCUT2D eigenvalue weighted by atomic mass is 10.0. The molecule has 0 spiro atoms. The topological polar surface area (TPSA) is 75.4 Å². The molecule has 1 heterocycles. The summed E-state index contributed by atoms with van der Waals surface area (Å²) in [4.78, 5) is 27.2. The molecule has 0 aliphatic carbocycles. The lowest BCUT2D eigenvalue weighted by Crippen LogP contribution is -2.49. The molecule has 0 aromatic heterocycles. The van der Waals surface area contributed by atoms with E-state index in [0.717, 1.165) is 36.5 Å². The van der Waals surface area contributed by atoms with Gasteiger partial charge >= 0.3 is 0 Å². The van der Waals surface area contributed by atoms with Crippen LogP contribution in [0.15, 0.2) is 29.2 Å². The van der Waals surface area contributed by atoms with Crippen LogP contribution in [-0.2, 0) is 9.59 Å². The van der Waals surface area contributed by atoms with Gasteiger partial charge < -0.3 is 16.0 Å². The molecule has 1 atom stereocenters. The van der Waals surface area contributed by atoms with Gasteiger partial charge in [0.15, 0.2) is 0 Å². The van der Waals surface area contributed by atoms with Gasteiger partial charge in [-0.25, -0.2) is 0 Å². The molecule has 1 aromatic rings. The van der Waals surface area contributed by atoms with Gasteiger partial charge in [-0.2, -0.15) is 0 Å². The summed E-state index contributed by atoms with van der Waals surface area (Å²) >= 11 is 7.54. The van der Waals surface area contributed by atoms with Crippen molar-refractivity contribution in [1.82, 2.24) is 10.2 Å². The summed E-state index contributed by atoms with van der Waals surface area (Å²) in [6.45, 7) is 1.65. The van der Waals surface area contributed by atoms with Gasteiger partial charge in [0.2, 0.25) is 11.8 Å². The van der Waals surface area contributed by atoms with Crippen LogP contribution in [0.2, 0.25) is 5.02 Å². The molecular formula is C18H26ClN3O2S. The standard InChI is InChI=1S/C18H26ClN3O2S/c19-14-4-6-16(7-5-14)25-12-9-18(24)22-11-2-1-3-15(22)13-21-17(23)8-10-20/h4-7,15H,1-3,8-13,20H2,(H,21,23). The van der Waals surface area contributed by atoms with Crippen LogP contribution in [0.3, 0.4) is 0 Å². The second-order valence-corrected chi connectivity index (χ2v) is 7.74. The molecule has 7 heteroatoms. The minimum Gasteiger partial charge on any atom is -0.354 e. The summed E-state index contributed by atoms with van der Waals surface area (Å²) in [5, 5.41) is 3.61. The second-order valence-electron chi connectivity index (χ2n) is 6.13. The Bertz CT molecular complexity index is 568. The number of nitrogens with two attached hydrogens (primary N) is 1. The monoisotopic (exact) mass is 383 g/mol. The average molecular weight is 384 g/mol. The normalized spacial score (nSPS) is 17.4. The number of carbonyl (C=O) groups is 2. The number of amides is 2. The Morgan fingerprint density at radius 2 is 2.00 bits per heavy atom. The largest absolute Gasteiger partial charge is 0.354 e. The fourth-order valence-corrected chi connectivity index (χ4v) is 3.89. The van der Waals surface area contributed by atoms with E-state index in [4.69, 9.17) is 17.3 Å². The number of nitrogens with zero attached hydrogens (tertiary/aromatic N) is 1. The van der Waals surface area contributed by atoms with E-state index < -0.39 is 0 Å². The first-order valence-corrected chi connectivity index (χ1v) is 10.1. The fourth-order valence-electron chi connectivity index (χ4n) is 2.92. The molecular weight excluding hydrogens is 358 g/mol. The van der Waals surface area contributed by atoms with Crippen molar-refractivity contribution in [3.8, 4) is 0 Å². The number of hydrogen-bond donors (Lipinski definition) is 2. The molecule has 1 unspecified atom stereocenters. The van der Waals surface area contributed by atoms with Crippen molar-refractivity contribution < 1.29 is 9.59 Å². The highest BCUT2D eigenvalue weighted by Gasteiger charge is 2.26. The Labute approximate surface area is 158 Å². The van der Waals surface area contributed by atoms with Gasteiger partial charge in [-0.05, 0) is 43.5 Å². The molecule has 1 fully saturated rings. The Kier molecular flexibility index (Phi) is 8.58. The van der Waals surface area contributed by atoms with Crippen LogP contribution >= 0.6 is 23.4 Å². The maximum atomic E-state index is 12.6. The first-order valence-electron chi connectivity index (χ1n) is 8.74. The van der Waals surface area contributed by atoms with Crippen molar-refractivity contribution in [3.05, 3.63) is 29.3 Å². The quantitative estimate of drug-likeness (QED) is 0.677. The number of thioether (sulfide) groups is 1. The number of rotatable bonds is 8. The lowest BCUT2D eigenvalue weighted by Gasteiger charge is -2.36. The number of nitrogens with one attached hydrogen (secondary N) is 1. The molecule has 2 rings (SSSR count). The number of hydrogen-bond acceptors (Lipinski definition) is 4. The van der Waals surface area contributed by atoms with Crippen molar-refractivity contribution in [2.75, 3.05) is 25.4 Å². The Balaban J connectivity index is 1.78. The Morgan fingerprint density at radius 3 is 2.72 bits per heavy atom. The molecule has 0 radical (unpaired) electrons. The average Bonchev–Trinajstić information content (AvgIpc) is 2.62. The highest BCUT2D eigenvalue weighted by molar-refractivity contribution is 7.99. The smallest absolute Gasteiger partial charge is 0.223 e. The van der Waals surface area contributed by atoms with Crippen molar-refractivity contribution in [3.63, 3.8) is 0 Å². The van der Waals surface area contributed by atoms with E-state index in [-0.39, 0.29) is 17.9 Å². The highest BCUT2D eigenvalue weighted by atomic mass is 35.5. The van der Waals surface area contributed by atoms with Gasteiger partial charge in [0, 0.05) is 54.2 Å². The maximum absolute atomic E-state index is 12.6. The van der Waals surface area contributed by atoms with E-state index in [0.29, 0.717) is 31.0 Å². The minimum absolute atomic E-state index is 0.0428. The number of carbonyl (C=O) groups excluding carboxylic acids is 2. The van der Waals surface area contributed by atoms with Gasteiger partial charge in [0.05, 0.1) is 0 Å². The number of benzene rings is 1. The van der Waals surface area contributed by atoms with Crippen molar-refractivity contribution in [2.24, 2.45) is 5.73 Å². The van der Waals surface area contributed by atoms with Gasteiger partial charge in [0.1, 0.15) is 0 Å². The molecule has 0 saturated carbocycles. The molecule has 0 bridgehead atoms. The van der Waals surface area contributed by atoms with Crippen LogP contribution in [0.25, 0.3) is 0 Å². The third kappa shape index (κ3) is 6.88. The van der Waals surface area contributed by atoms with Gasteiger partial charge in [0.25, 0.3) is 0 Å². The van der Waals surface area contributed by atoms with Crippen molar-refractivity contribution in [1.29, 1.82) is 0 Å². The molecule has 1 aliphatic heterocycles. The first kappa shape index (κ1) is 20.1. The molecule has 1 aromatic carbocycles. The molecule has 1 saturated heterocycles. The molecule has 2 amide bonds. The predicted molar refractivity (Wildman–Crippen MR) is 103 cm³/mol. The Morgan fingerprint density at radius 1 is 1.24 bits per heavy atom. The third-order valence-corrected chi connectivity index (χ3v) is 5.52. The molecule has 25 heavy (non-hydrogen) atoms. The van der Waals surface area contributed by atoms with Gasteiger partial charge in [-0.15, -0.1) is 11.8 Å². The lowest BCUT2D eigenvalue weighted by molar-refractivity contribution is -0.135. The first-order chi connectivity index (χ1) is 12.1. The van der Waals surface area contributed by atoms with Crippen LogP contribution in [0.5, 0.6) is 0 Å². The zero-order valence-electron chi connectivity index (χ0n) is 14.4. The van der Waals surface area contributed by atoms with Crippen LogP contribution in [0.1, 0.15) is 32.1 Å². The van der Waals surface area contributed by atoms with Crippen LogP contribution in [0.4, 0.5) is 0 Å². The third-order valence-electron chi connectivity index (χ3n) is 4.25. The van der Waals surface area contributed by atoms with E-state index >= 15 is 0 Å². The zero-order chi connectivity index (χ0) is 18.1. The molecule has 5 nitrogen and oxygen atoms in total. The number of piperidine rings is 1. The van der Waals surface area contributed by atoms with Crippen molar-refractivity contribution in [2.45, 2.75) is 43.0 Å². The minimum atomic E-state index is -0.0428. The fraction of sp³-hybridized carbons (Fsp3) is 0.556. The van der Waals surface area contributed by atoms with Crippen LogP contribution in [-0.4, -0.2) is 48.1 Å². The number of likely N-dealkylation sites (tertiary alicyclic amines) is 1. The zero-order valence-corrected chi connectivity index (χ0v) is 16.0. The van der Waals surface area contributed by atoms with Crippen LogP contribution < -0.4 is 11.1 Å². The van der Waals surface area contributed by atoms with E-state index in [1.54, 1.807) is 11.8 Å². The van der Waals surface area contributed by atoms with E-state index in [1.807, 2.05) is 29.2 Å². The van der Waals surface area contributed by atoms with E-state index in [9.17, 15) is 9.59 Å². The summed E-state index contributed by atoms with van der Waals surface area (Å²) in [6, 6.07) is 7.75. The highest BCUT2D eigenvalue weighted by Crippen LogP contribution is 2.23. The molecule has 3 N–H and O–H groups in total. The van der Waals surface area contributed by atoms with E-state index in [1.165, 1.54) is 0 Å². The van der Waals surface area contributed by atoms with Gasteiger partial charge in [-0.1, -0.05) is 11.6 Å². The van der Waals surface area contributed by atoms with Gasteiger partial charge in [-0.3, -0.25) is 9.59 Å². The second kappa shape index (κ2) is 10.7. The number of halogens is 1. The van der Waals surface area contributed by atoms with E-state index in [2.05, 4.69) is 5.32 Å². The molecule has 1 aliphatic rings. The maximum Gasteiger partial charge on any atom is 0.223 e. The summed E-state index contributed by atoms with van der Waals surface area (Å²) in [6.07, 6.45) is 3.90. The van der Waals surface area contributed by atoms with Crippen molar-refractivity contribution >= 4 is 35.2 Å². The van der Waals surface area contributed by atoms with Crippen LogP contribution in [0, 0.1) is 0 Å².